The molecule has 218 valence electrons. The zero-order chi connectivity index (χ0) is 30.0. The monoisotopic (exact) mass is 565 g/mol. The van der Waals surface area contributed by atoms with Gasteiger partial charge in [0.1, 0.15) is 17.5 Å². The highest BCUT2D eigenvalue weighted by molar-refractivity contribution is 5.91. The fourth-order valence-corrected chi connectivity index (χ4v) is 5.98. The van der Waals surface area contributed by atoms with Gasteiger partial charge in [-0.15, -0.1) is 0 Å². The molecule has 0 saturated carbocycles. The van der Waals surface area contributed by atoms with Crippen molar-refractivity contribution in [2.45, 2.75) is 64.7 Å². The average Bonchev–Trinajstić information content (AvgIpc) is 2.97. The largest absolute Gasteiger partial charge is 0.488 e. The van der Waals surface area contributed by atoms with E-state index in [-0.39, 0.29) is 30.1 Å². The van der Waals surface area contributed by atoms with E-state index in [2.05, 4.69) is 36.4 Å². The summed E-state index contributed by atoms with van der Waals surface area (Å²) in [5.41, 5.74) is 3.94. The summed E-state index contributed by atoms with van der Waals surface area (Å²) in [7, 11) is 1.40. The van der Waals surface area contributed by atoms with Crippen LogP contribution in [0.25, 0.3) is 10.8 Å². The predicted molar refractivity (Wildman–Crippen MR) is 165 cm³/mol. The van der Waals surface area contributed by atoms with Gasteiger partial charge in [-0.25, -0.2) is 9.59 Å². The van der Waals surface area contributed by atoms with Crippen LogP contribution in [0, 0.1) is 6.92 Å². The van der Waals surface area contributed by atoms with E-state index in [1.807, 2.05) is 77.1 Å². The van der Waals surface area contributed by atoms with Crippen molar-refractivity contribution in [3.63, 3.8) is 0 Å². The Morgan fingerprint density at radius 2 is 1.60 bits per heavy atom. The zero-order valence-electron chi connectivity index (χ0n) is 25.2. The van der Waals surface area contributed by atoms with E-state index in [0.29, 0.717) is 18.5 Å². The van der Waals surface area contributed by atoms with E-state index < -0.39 is 5.60 Å². The van der Waals surface area contributed by atoms with Crippen molar-refractivity contribution in [3.8, 4) is 5.75 Å². The Bertz CT molecular complexity index is 1600. The van der Waals surface area contributed by atoms with Crippen molar-refractivity contribution < 1.29 is 23.8 Å². The molecule has 1 amide bonds. The van der Waals surface area contributed by atoms with Crippen LogP contribution in [0.2, 0.25) is 0 Å². The molecule has 1 aliphatic heterocycles. The third-order valence-corrected chi connectivity index (χ3v) is 8.01. The first-order chi connectivity index (χ1) is 20.1. The van der Waals surface area contributed by atoms with Crippen molar-refractivity contribution in [2.75, 3.05) is 13.7 Å². The van der Waals surface area contributed by atoms with E-state index in [1.54, 1.807) is 11.0 Å². The molecule has 0 spiro atoms. The number of carbonyl (C=O) groups is 2. The van der Waals surface area contributed by atoms with E-state index in [1.165, 1.54) is 7.11 Å². The van der Waals surface area contributed by atoms with Gasteiger partial charge in [-0.2, -0.15) is 0 Å². The van der Waals surface area contributed by atoms with Crippen LogP contribution < -0.4 is 4.74 Å². The van der Waals surface area contributed by atoms with Crippen LogP contribution in [0.1, 0.15) is 78.7 Å². The summed E-state index contributed by atoms with van der Waals surface area (Å²) in [6.45, 7) is 9.98. The van der Waals surface area contributed by atoms with Crippen molar-refractivity contribution >= 4 is 22.8 Å². The Hall–Kier alpha value is -4.32. The van der Waals surface area contributed by atoms with Crippen molar-refractivity contribution in [1.29, 1.82) is 0 Å². The van der Waals surface area contributed by atoms with E-state index >= 15 is 0 Å². The molecule has 0 N–H and O–H groups in total. The van der Waals surface area contributed by atoms with Gasteiger partial charge in [0.05, 0.1) is 25.3 Å². The molecule has 4 aromatic carbocycles. The van der Waals surface area contributed by atoms with Gasteiger partial charge in [-0.1, -0.05) is 72.8 Å². The van der Waals surface area contributed by atoms with Gasteiger partial charge in [0.25, 0.3) is 0 Å². The van der Waals surface area contributed by atoms with Gasteiger partial charge in [-0.3, -0.25) is 4.90 Å². The number of fused-ring (bicyclic) bond motifs is 2. The lowest BCUT2D eigenvalue weighted by atomic mass is 9.81. The van der Waals surface area contributed by atoms with Gasteiger partial charge >= 0.3 is 12.1 Å². The van der Waals surface area contributed by atoms with Crippen LogP contribution in [0.5, 0.6) is 5.75 Å². The fourth-order valence-electron chi connectivity index (χ4n) is 5.98. The smallest absolute Gasteiger partial charge is 0.410 e. The molecular weight excluding hydrogens is 526 g/mol. The Morgan fingerprint density at radius 1 is 0.929 bits per heavy atom. The highest BCUT2D eigenvalue weighted by Gasteiger charge is 2.36. The Labute approximate surface area is 248 Å². The van der Waals surface area contributed by atoms with Crippen molar-refractivity contribution in [1.82, 2.24) is 4.90 Å². The molecule has 0 bridgehead atoms. The minimum Gasteiger partial charge on any atom is -0.488 e. The molecule has 0 saturated heterocycles. The summed E-state index contributed by atoms with van der Waals surface area (Å²) in [6, 6.07) is 27.9. The predicted octanol–water partition coefficient (Wildman–Crippen LogP) is 8.22. The van der Waals surface area contributed by atoms with Gasteiger partial charge < -0.3 is 14.2 Å². The third kappa shape index (κ3) is 5.98. The summed E-state index contributed by atoms with van der Waals surface area (Å²) in [5, 5.41) is 2.22. The molecule has 0 aromatic heterocycles. The van der Waals surface area contributed by atoms with Crippen molar-refractivity contribution in [2.24, 2.45) is 0 Å². The van der Waals surface area contributed by atoms with E-state index in [0.717, 1.165) is 38.8 Å². The first-order valence-electron chi connectivity index (χ1n) is 14.5. The maximum atomic E-state index is 13.8. The highest BCUT2D eigenvalue weighted by atomic mass is 16.6. The molecule has 6 nitrogen and oxygen atoms in total. The van der Waals surface area contributed by atoms with Crippen LogP contribution in [-0.2, 0) is 9.47 Å². The number of rotatable bonds is 6. The molecule has 42 heavy (non-hydrogen) atoms. The lowest BCUT2D eigenvalue weighted by molar-refractivity contribution is 0.00568. The van der Waals surface area contributed by atoms with E-state index in [9.17, 15) is 9.59 Å². The lowest BCUT2D eigenvalue weighted by Gasteiger charge is -2.38. The first-order valence-corrected chi connectivity index (χ1v) is 14.5. The molecular formula is C36H39NO5. The summed E-state index contributed by atoms with van der Waals surface area (Å²) < 4.78 is 17.5. The normalized spacial score (nSPS) is 17.1. The SMILES string of the molecule is COC(=O)c1cccc(C2CC(CN(C(=O)OC(C)(C)C)C(C)c3cccc4ccccc34)Oc3ccccc32)c1C. The number of hydrogen-bond acceptors (Lipinski definition) is 5. The fraction of sp³-hybridized carbons (Fsp3) is 0.333. The van der Waals surface area contributed by atoms with Crippen LogP contribution in [0.3, 0.4) is 0 Å². The second-order valence-electron chi connectivity index (χ2n) is 12.0. The molecule has 5 rings (SSSR count). The number of ether oxygens (including phenoxy) is 3. The number of carbonyl (C=O) groups excluding carboxylic acids is 2. The number of para-hydroxylation sites is 1. The molecule has 3 atom stereocenters. The van der Waals surface area contributed by atoms with Gasteiger partial charge in [0, 0.05) is 11.5 Å². The van der Waals surface area contributed by atoms with Crippen LogP contribution >= 0.6 is 0 Å². The first kappa shape index (κ1) is 29.2. The Morgan fingerprint density at radius 3 is 2.36 bits per heavy atom. The summed E-state index contributed by atoms with van der Waals surface area (Å²) >= 11 is 0. The van der Waals surface area contributed by atoms with E-state index in [4.69, 9.17) is 14.2 Å². The molecule has 0 aliphatic carbocycles. The second-order valence-corrected chi connectivity index (χ2v) is 12.0. The topological polar surface area (TPSA) is 65.1 Å². The highest BCUT2D eigenvalue weighted by Crippen LogP contribution is 2.42. The second kappa shape index (κ2) is 11.9. The standard InChI is InChI=1S/C36H39NO5/c1-23-27(17-12-18-28(23)34(38)40-6)32-21-26(41-33-20-10-9-16-31(32)33)22-37(35(39)42-36(3,4)5)24(2)29-19-11-14-25-13-7-8-15-30(25)29/h7-20,24,26,32H,21-22H2,1-6H3. The Kier molecular flexibility index (Phi) is 8.26. The Balaban J connectivity index is 1.53. The number of amides is 1. The summed E-state index contributed by atoms with van der Waals surface area (Å²) in [6.07, 6.45) is -0.0637. The third-order valence-electron chi connectivity index (χ3n) is 8.01. The van der Waals surface area contributed by atoms with Crippen LogP contribution in [0.15, 0.2) is 84.9 Å². The van der Waals surface area contributed by atoms with Gasteiger partial charge in [0.2, 0.25) is 0 Å². The molecule has 6 heteroatoms. The minimum atomic E-state index is -0.651. The number of methoxy groups -OCH3 is 1. The van der Waals surface area contributed by atoms with Gasteiger partial charge in [0.15, 0.2) is 0 Å². The summed E-state index contributed by atoms with van der Waals surface area (Å²) in [5.74, 6) is 0.396. The van der Waals surface area contributed by atoms with Crippen LogP contribution in [-0.4, -0.2) is 42.3 Å². The maximum absolute atomic E-state index is 13.8. The molecule has 4 aromatic rings. The average molecular weight is 566 g/mol. The minimum absolute atomic E-state index is 0.0297. The molecule has 1 aliphatic rings. The number of nitrogens with zero attached hydrogens (tertiary/aromatic N) is 1. The molecule has 0 radical (unpaired) electrons. The number of benzene rings is 4. The lowest BCUT2D eigenvalue weighted by Crippen LogP contribution is -2.45. The molecule has 0 fully saturated rings. The zero-order valence-corrected chi connectivity index (χ0v) is 25.2. The quantitative estimate of drug-likeness (QED) is 0.220. The molecule has 1 heterocycles. The number of esters is 1. The van der Waals surface area contributed by atoms with Crippen LogP contribution in [0.4, 0.5) is 4.79 Å². The molecule has 3 unspecified atom stereocenters. The van der Waals surface area contributed by atoms with Gasteiger partial charge in [-0.05, 0) is 80.6 Å². The summed E-state index contributed by atoms with van der Waals surface area (Å²) in [4.78, 5) is 28.1. The van der Waals surface area contributed by atoms with Crippen molar-refractivity contribution in [3.05, 3.63) is 113 Å². The number of hydrogen-bond donors (Lipinski definition) is 0. The maximum Gasteiger partial charge on any atom is 0.410 e.